The Morgan fingerprint density at radius 3 is 1.89 bits per heavy atom. The Morgan fingerprint density at radius 2 is 1.11 bits per heavy atom. The van der Waals surface area contributed by atoms with Crippen LogP contribution in [0, 0.1) is 11.3 Å². The van der Waals surface area contributed by atoms with Gasteiger partial charge in [-0.3, -0.25) is 0 Å². The molecule has 4 heteroatoms. The number of benzene rings is 9. The monoisotopic (exact) mass is 780 g/mol. The summed E-state index contributed by atoms with van der Waals surface area (Å²) in [5, 5.41) is 14.5. The fraction of sp³-hybridized carbons (Fsp3) is 0.0351. The van der Waals surface area contributed by atoms with Crippen LogP contribution in [0.5, 0.6) is 0 Å². The third-order valence-electron chi connectivity index (χ3n) is 12.1. The molecule has 0 radical (unpaired) electrons. The van der Waals surface area contributed by atoms with E-state index in [4.69, 9.17) is 0 Å². The first-order valence-electron chi connectivity index (χ1n) is 20.8. The van der Waals surface area contributed by atoms with Crippen molar-refractivity contribution in [3.63, 3.8) is 0 Å². The molecule has 0 amide bonds. The van der Waals surface area contributed by atoms with Crippen molar-refractivity contribution in [2.75, 3.05) is 9.80 Å². The minimum atomic E-state index is 0.152. The van der Waals surface area contributed by atoms with Gasteiger partial charge >= 0.3 is 0 Å². The smallest absolute Gasteiger partial charge is 0.0991 e. The largest absolute Gasteiger partial charge is 0.333 e. The maximum Gasteiger partial charge on any atom is 0.0991 e. The van der Waals surface area contributed by atoms with E-state index >= 15 is 0 Å². The molecule has 1 atom stereocenters. The third-order valence-corrected chi connectivity index (χ3v) is 12.1. The van der Waals surface area contributed by atoms with Crippen molar-refractivity contribution < 1.29 is 0 Å². The highest BCUT2D eigenvalue weighted by Crippen LogP contribution is 2.46. The first kappa shape index (κ1) is 36.0. The topological polar surface area (TPSA) is 35.2 Å². The normalized spacial score (nSPS) is 13.3. The lowest BCUT2D eigenvalue weighted by molar-refractivity contribution is 0.704. The highest BCUT2D eigenvalue weighted by Gasteiger charge is 2.27. The Bertz CT molecular complexity index is 3280. The molecule has 9 aromatic carbocycles. The second-order valence-corrected chi connectivity index (χ2v) is 15.6. The van der Waals surface area contributed by atoms with E-state index in [1.54, 1.807) is 0 Å². The number of hydrogen-bond acceptors (Lipinski definition) is 3. The molecular weight excluding hydrogens is 741 g/mol. The van der Waals surface area contributed by atoms with E-state index in [1.807, 2.05) is 24.3 Å². The van der Waals surface area contributed by atoms with Crippen molar-refractivity contribution in [1.82, 2.24) is 4.57 Å². The van der Waals surface area contributed by atoms with Gasteiger partial charge in [0, 0.05) is 50.3 Å². The summed E-state index contributed by atoms with van der Waals surface area (Å²) in [5.41, 5.74) is 14.4. The summed E-state index contributed by atoms with van der Waals surface area (Å²) in [6.07, 6.45) is 5.48. The number of nitrogens with zero attached hydrogens (tertiary/aromatic N) is 4. The van der Waals surface area contributed by atoms with Crippen LogP contribution < -0.4 is 9.80 Å². The lowest BCUT2D eigenvalue weighted by Crippen LogP contribution is -2.25. The summed E-state index contributed by atoms with van der Waals surface area (Å²) in [6, 6.07) is 78.1. The molecule has 0 N–H and O–H groups in total. The number of fused-ring (bicyclic) bond motifs is 5. The number of rotatable bonds is 8. The average molecular weight is 781 g/mol. The van der Waals surface area contributed by atoms with E-state index in [-0.39, 0.29) is 6.04 Å². The van der Waals surface area contributed by atoms with Crippen molar-refractivity contribution in [2.24, 2.45) is 0 Å². The lowest BCUT2D eigenvalue weighted by atomic mass is 9.89. The van der Waals surface area contributed by atoms with Gasteiger partial charge in [0.05, 0.1) is 28.7 Å². The third kappa shape index (κ3) is 6.32. The van der Waals surface area contributed by atoms with Gasteiger partial charge in [-0.2, -0.15) is 5.26 Å². The molecule has 10 aromatic rings. The summed E-state index contributed by atoms with van der Waals surface area (Å²) < 4.78 is 2.34. The van der Waals surface area contributed by atoms with Crippen molar-refractivity contribution in [3.8, 4) is 22.9 Å². The second-order valence-electron chi connectivity index (χ2n) is 15.6. The van der Waals surface area contributed by atoms with Gasteiger partial charge in [0.15, 0.2) is 0 Å². The van der Waals surface area contributed by atoms with E-state index in [1.165, 1.54) is 55.1 Å². The van der Waals surface area contributed by atoms with Crippen LogP contribution in [-0.2, 0) is 0 Å². The van der Waals surface area contributed by atoms with Crippen molar-refractivity contribution in [1.29, 1.82) is 5.26 Å². The van der Waals surface area contributed by atoms with Crippen molar-refractivity contribution >= 4 is 67.1 Å². The average Bonchev–Trinajstić information content (AvgIpc) is 3.67. The predicted octanol–water partition coefficient (Wildman–Crippen LogP) is 15.2. The van der Waals surface area contributed by atoms with Crippen molar-refractivity contribution in [3.05, 3.63) is 235 Å². The van der Waals surface area contributed by atoms with E-state index in [0.717, 1.165) is 40.3 Å². The highest BCUT2D eigenvalue weighted by molar-refractivity contribution is 6.11. The molecule has 0 aliphatic heterocycles. The van der Waals surface area contributed by atoms with Crippen LogP contribution in [0.25, 0.3) is 55.5 Å². The van der Waals surface area contributed by atoms with E-state index in [2.05, 4.69) is 221 Å². The maximum absolute atomic E-state index is 9.67. The molecule has 4 nitrogen and oxygen atoms in total. The number of para-hydroxylation sites is 3. The first-order valence-corrected chi connectivity index (χ1v) is 20.8. The van der Waals surface area contributed by atoms with Gasteiger partial charge in [-0.05, 0) is 125 Å². The van der Waals surface area contributed by atoms with Gasteiger partial charge in [0.25, 0.3) is 0 Å². The summed E-state index contributed by atoms with van der Waals surface area (Å²) in [6.45, 7) is 0. The highest BCUT2D eigenvalue weighted by atomic mass is 15.2. The SMILES string of the molecule is N#Cc1ccc(N(c2ccc(-c3ccc(N(c4ccccc4)C4CC=Cc5ccccc54)c4ccccc34)cc2)c2ccc3c(c2)c2ccccc2n3-c2ccccc2)cc1. The zero-order valence-electron chi connectivity index (χ0n) is 33.4. The van der Waals surface area contributed by atoms with Gasteiger partial charge in [0.1, 0.15) is 0 Å². The standard InChI is InChI=1S/C57H40N4/c58-39-40-26-30-45(31-27-40)59(47-34-36-57-53(38-47)52-23-11-12-24-55(52)61(57)44-18-5-2-6-19-44)46-32-28-42(29-33-46)48-35-37-56(51-22-10-9-21-50(48)51)60(43-16-3-1-4-17-43)54-25-13-15-41-14-7-8-20-49(41)54/h1-24,26-38,54H,25H2. The van der Waals surface area contributed by atoms with Crippen LogP contribution in [0.15, 0.2) is 218 Å². The van der Waals surface area contributed by atoms with E-state index in [9.17, 15) is 5.26 Å². The molecule has 1 unspecified atom stereocenters. The molecule has 1 heterocycles. The zero-order chi connectivity index (χ0) is 40.7. The van der Waals surface area contributed by atoms with Crippen LogP contribution in [-0.4, -0.2) is 4.57 Å². The molecule has 1 aromatic heterocycles. The number of aromatic nitrogens is 1. The fourth-order valence-corrected chi connectivity index (χ4v) is 9.36. The summed E-state index contributed by atoms with van der Waals surface area (Å²) in [7, 11) is 0. The van der Waals surface area contributed by atoms with Crippen molar-refractivity contribution in [2.45, 2.75) is 12.5 Å². The van der Waals surface area contributed by atoms with E-state index in [0.29, 0.717) is 5.56 Å². The van der Waals surface area contributed by atoms with Crippen LogP contribution in [0.1, 0.15) is 29.2 Å². The Hall–Kier alpha value is -8.13. The summed E-state index contributed by atoms with van der Waals surface area (Å²) in [5.74, 6) is 0. The summed E-state index contributed by atoms with van der Waals surface area (Å²) >= 11 is 0. The quantitative estimate of drug-likeness (QED) is 0.154. The first-order chi connectivity index (χ1) is 30.2. The molecule has 0 spiro atoms. The molecule has 0 saturated heterocycles. The van der Waals surface area contributed by atoms with Gasteiger partial charge < -0.3 is 14.4 Å². The fourth-order valence-electron chi connectivity index (χ4n) is 9.36. The second kappa shape index (κ2) is 15.2. The maximum atomic E-state index is 9.67. The Labute approximate surface area is 355 Å². The number of nitriles is 1. The zero-order valence-corrected chi connectivity index (χ0v) is 33.4. The lowest BCUT2D eigenvalue weighted by Gasteiger charge is -2.37. The van der Waals surface area contributed by atoms with E-state index < -0.39 is 0 Å². The molecule has 0 bridgehead atoms. The van der Waals surface area contributed by atoms with Crippen LogP contribution >= 0.6 is 0 Å². The minimum absolute atomic E-state index is 0.152. The van der Waals surface area contributed by atoms with Crippen LogP contribution in [0.2, 0.25) is 0 Å². The number of hydrogen-bond donors (Lipinski definition) is 0. The molecule has 0 saturated carbocycles. The Morgan fingerprint density at radius 1 is 0.492 bits per heavy atom. The molecule has 11 rings (SSSR count). The molecule has 1 aliphatic rings. The predicted molar refractivity (Wildman–Crippen MR) is 255 cm³/mol. The van der Waals surface area contributed by atoms with Crippen LogP contribution in [0.4, 0.5) is 28.4 Å². The van der Waals surface area contributed by atoms with Gasteiger partial charge in [-0.25, -0.2) is 0 Å². The van der Waals surface area contributed by atoms with Crippen LogP contribution in [0.3, 0.4) is 0 Å². The van der Waals surface area contributed by atoms with Gasteiger partial charge in [0.2, 0.25) is 0 Å². The molecule has 61 heavy (non-hydrogen) atoms. The molecular formula is C57H40N4. The Balaban J connectivity index is 1.02. The van der Waals surface area contributed by atoms with Gasteiger partial charge in [-0.1, -0.05) is 133 Å². The molecule has 1 aliphatic carbocycles. The minimum Gasteiger partial charge on any atom is -0.333 e. The molecule has 288 valence electrons. The van der Waals surface area contributed by atoms with Gasteiger partial charge in [-0.15, -0.1) is 0 Å². The molecule has 0 fully saturated rings. The Kier molecular flexibility index (Phi) is 8.99. The number of anilines is 5. The summed E-state index contributed by atoms with van der Waals surface area (Å²) in [4.78, 5) is 4.81.